The van der Waals surface area contributed by atoms with E-state index in [1.165, 1.54) is 11.1 Å². The van der Waals surface area contributed by atoms with Crippen molar-refractivity contribution in [1.82, 2.24) is 0 Å². The highest BCUT2D eigenvalue weighted by Gasteiger charge is 2.14. The van der Waals surface area contributed by atoms with Gasteiger partial charge in [0, 0.05) is 37.9 Å². The molecular formula is C35H38N4O2S2+2. The monoisotopic (exact) mass is 610 g/mol. The van der Waals surface area contributed by atoms with Crippen LogP contribution in [-0.2, 0) is 13.1 Å². The van der Waals surface area contributed by atoms with Gasteiger partial charge in [0.15, 0.2) is 37.9 Å². The number of hydrogen-bond donors (Lipinski definition) is 1. The molecule has 0 unspecified atom stereocenters. The van der Waals surface area contributed by atoms with Gasteiger partial charge in [-0.3, -0.25) is 0 Å². The summed E-state index contributed by atoms with van der Waals surface area (Å²) >= 11 is 0. The molecule has 2 aliphatic rings. The standard InChI is InChI=1S/C35H37N4O2S2/c1-37-19-23-41-35-27-31(7-9-33(35)37)5-3-29-12-17-39(18-13-29)21-25-43-42-24-20-38-15-10-28(11-16-38)2-4-30-6-8-32-34(26-30)40-22-14-36-32/h2-13,15-18,26-27H,14,19-25H2,1H3/q+1/p+1. The smallest absolute Gasteiger partial charge is 0.169 e. The molecule has 6 nitrogen and oxygen atoms in total. The fraction of sp³-hybridized carbons (Fsp3) is 0.257. The number of aromatic nitrogens is 2. The van der Waals surface area contributed by atoms with E-state index in [1.54, 1.807) is 0 Å². The maximum absolute atomic E-state index is 5.83. The van der Waals surface area contributed by atoms with Crippen LogP contribution >= 0.6 is 21.6 Å². The van der Waals surface area contributed by atoms with Crippen molar-refractivity contribution in [1.29, 1.82) is 0 Å². The Bertz CT molecular complexity index is 1570. The first-order valence-corrected chi connectivity index (χ1v) is 17.3. The lowest BCUT2D eigenvalue weighted by Gasteiger charge is -2.27. The molecule has 43 heavy (non-hydrogen) atoms. The van der Waals surface area contributed by atoms with Crippen molar-refractivity contribution in [3.8, 4) is 11.5 Å². The van der Waals surface area contributed by atoms with Crippen molar-refractivity contribution in [3.63, 3.8) is 0 Å². The van der Waals surface area contributed by atoms with Crippen molar-refractivity contribution >= 4 is 57.3 Å². The van der Waals surface area contributed by atoms with E-state index in [2.05, 4.69) is 136 Å². The Morgan fingerprint density at radius 1 is 0.698 bits per heavy atom. The third kappa shape index (κ3) is 8.15. The molecule has 1 N–H and O–H groups in total. The molecule has 220 valence electrons. The van der Waals surface area contributed by atoms with Gasteiger partial charge in [-0.05, 0) is 46.5 Å². The molecule has 2 aromatic heterocycles. The SMILES string of the molecule is CN1CCOc2cc(/C=C/c3cc[n+](CCSSCC[n+]4ccc(/C=C/c5ccc6c(c5)OCCN6)cc4)cc3)ccc21. The lowest BCUT2D eigenvalue weighted by Crippen LogP contribution is -2.34. The average Bonchev–Trinajstić information content (AvgIpc) is 3.05. The number of aryl methyl sites for hydroxylation is 2. The first-order valence-electron chi connectivity index (χ1n) is 14.8. The molecule has 0 aliphatic carbocycles. The van der Waals surface area contributed by atoms with Gasteiger partial charge in [0.25, 0.3) is 0 Å². The van der Waals surface area contributed by atoms with E-state index >= 15 is 0 Å². The third-order valence-corrected chi connectivity index (χ3v) is 9.84. The molecule has 0 spiro atoms. The molecule has 0 amide bonds. The van der Waals surface area contributed by atoms with E-state index in [-0.39, 0.29) is 0 Å². The minimum absolute atomic E-state index is 0.716. The molecular weight excluding hydrogens is 573 g/mol. The van der Waals surface area contributed by atoms with Gasteiger partial charge in [-0.25, -0.2) is 9.13 Å². The van der Waals surface area contributed by atoms with Crippen molar-refractivity contribution in [2.75, 3.05) is 55.1 Å². The summed E-state index contributed by atoms with van der Waals surface area (Å²) in [6, 6.07) is 21.4. The molecule has 8 heteroatoms. The van der Waals surface area contributed by atoms with Crippen LogP contribution in [0.2, 0.25) is 0 Å². The summed E-state index contributed by atoms with van der Waals surface area (Å²) in [5.41, 5.74) is 6.91. The van der Waals surface area contributed by atoms with Gasteiger partial charge < -0.3 is 19.7 Å². The molecule has 4 heterocycles. The van der Waals surface area contributed by atoms with Crippen LogP contribution in [-0.4, -0.2) is 44.9 Å². The van der Waals surface area contributed by atoms with Crippen LogP contribution < -0.4 is 28.8 Å². The molecule has 0 fully saturated rings. The summed E-state index contributed by atoms with van der Waals surface area (Å²) in [7, 11) is 5.98. The molecule has 6 rings (SSSR count). The van der Waals surface area contributed by atoms with Crippen molar-refractivity contribution in [2.45, 2.75) is 13.1 Å². The predicted octanol–water partition coefficient (Wildman–Crippen LogP) is 6.32. The molecule has 2 aliphatic heterocycles. The molecule has 0 bridgehead atoms. The topological polar surface area (TPSA) is 41.5 Å². The quantitative estimate of drug-likeness (QED) is 0.122. The number of likely N-dealkylation sites (N-methyl/N-ethyl adjacent to an activating group) is 1. The fourth-order valence-corrected chi connectivity index (χ4v) is 6.94. The van der Waals surface area contributed by atoms with Gasteiger partial charge >= 0.3 is 0 Å². The van der Waals surface area contributed by atoms with Gasteiger partial charge in [0.05, 0.1) is 29.4 Å². The van der Waals surface area contributed by atoms with Gasteiger partial charge in [-0.15, -0.1) is 0 Å². The number of nitrogens with one attached hydrogen (secondary N) is 1. The fourth-order valence-electron chi connectivity index (χ4n) is 4.98. The van der Waals surface area contributed by atoms with Gasteiger partial charge in [0.1, 0.15) is 24.7 Å². The van der Waals surface area contributed by atoms with Gasteiger partial charge in [0.2, 0.25) is 0 Å². The Kier molecular flexibility index (Phi) is 9.87. The largest absolute Gasteiger partial charge is 0.490 e. The van der Waals surface area contributed by atoms with E-state index in [0.29, 0.717) is 6.61 Å². The molecule has 2 aromatic carbocycles. The second kappa shape index (κ2) is 14.5. The summed E-state index contributed by atoms with van der Waals surface area (Å²) in [5, 5.41) is 3.36. The zero-order chi connectivity index (χ0) is 29.3. The van der Waals surface area contributed by atoms with E-state index in [9.17, 15) is 0 Å². The summed E-state index contributed by atoms with van der Waals surface area (Å²) in [5.74, 6) is 4.05. The summed E-state index contributed by atoms with van der Waals surface area (Å²) in [4.78, 5) is 2.24. The predicted molar refractivity (Wildman–Crippen MR) is 182 cm³/mol. The normalized spacial score (nSPS) is 14.2. The van der Waals surface area contributed by atoms with Crippen LogP contribution in [0.4, 0.5) is 11.4 Å². The molecule has 4 aromatic rings. The van der Waals surface area contributed by atoms with E-state index in [1.807, 2.05) is 21.6 Å². The summed E-state index contributed by atoms with van der Waals surface area (Å²) < 4.78 is 16.1. The highest BCUT2D eigenvalue weighted by atomic mass is 33.1. The maximum Gasteiger partial charge on any atom is 0.169 e. The van der Waals surface area contributed by atoms with E-state index in [0.717, 1.165) is 78.3 Å². The highest BCUT2D eigenvalue weighted by Crippen LogP contribution is 2.32. The van der Waals surface area contributed by atoms with Crippen LogP contribution in [0, 0.1) is 0 Å². The lowest BCUT2D eigenvalue weighted by molar-refractivity contribution is -0.692. The Morgan fingerprint density at radius 3 is 1.91 bits per heavy atom. The van der Waals surface area contributed by atoms with Crippen LogP contribution in [0.3, 0.4) is 0 Å². The lowest BCUT2D eigenvalue weighted by atomic mass is 10.1. The van der Waals surface area contributed by atoms with Crippen LogP contribution in [0.15, 0.2) is 85.5 Å². The van der Waals surface area contributed by atoms with E-state index in [4.69, 9.17) is 9.47 Å². The number of anilines is 2. The molecule has 0 saturated carbocycles. The summed E-state index contributed by atoms with van der Waals surface area (Å²) in [6.07, 6.45) is 17.2. The van der Waals surface area contributed by atoms with Crippen LogP contribution in [0.25, 0.3) is 24.3 Å². The van der Waals surface area contributed by atoms with Crippen LogP contribution in [0.1, 0.15) is 22.3 Å². The number of hydrogen-bond acceptors (Lipinski definition) is 6. The third-order valence-electron chi connectivity index (χ3n) is 7.48. The number of ether oxygens (including phenoxy) is 2. The Morgan fingerprint density at radius 2 is 1.26 bits per heavy atom. The first kappa shape index (κ1) is 29.2. The Labute approximate surface area is 262 Å². The molecule has 0 saturated heterocycles. The van der Waals surface area contributed by atoms with Crippen molar-refractivity contribution in [2.24, 2.45) is 0 Å². The summed E-state index contributed by atoms with van der Waals surface area (Å²) in [6.45, 7) is 5.25. The second-order valence-corrected chi connectivity index (χ2v) is 13.3. The maximum atomic E-state index is 5.83. The van der Waals surface area contributed by atoms with Crippen molar-refractivity contribution < 1.29 is 18.6 Å². The molecule has 0 atom stereocenters. The molecule has 0 radical (unpaired) electrons. The number of rotatable bonds is 11. The second-order valence-electron chi connectivity index (χ2n) is 10.6. The average molecular weight is 611 g/mol. The zero-order valence-electron chi connectivity index (χ0n) is 24.5. The Balaban J connectivity index is 0.885. The van der Waals surface area contributed by atoms with Crippen LogP contribution in [0.5, 0.6) is 11.5 Å². The number of nitrogens with zero attached hydrogens (tertiary/aromatic N) is 3. The van der Waals surface area contributed by atoms with Gasteiger partial charge in [-0.2, -0.15) is 0 Å². The number of pyridine rings is 2. The zero-order valence-corrected chi connectivity index (χ0v) is 26.2. The number of benzene rings is 2. The highest BCUT2D eigenvalue weighted by molar-refractivity contribution is 8.76. The van der Waals surface area contributed by atoms with Crippen molar-refractivity contribution in [3.05, 3.63) is 108 Å². The number of fused-ring (bicyclic) bond motifs is 2. The Hall–Kier alpha value is -3.88. The van der Waals surface area contributed by atoms with Gasteiger partial charge in [-0.1, -0.05) is 58.0 Å². The van der Waals surface area contributed by atoms with E-state index < -0.39 is 0 Å². The minimum Gasteiger partial charge on any atom is -0.490 e. The minimum atomic E-state index is 0.716. The first-order chi connectivity index (χ1) is 21.2.